The van der Waals surface area contributed by atoms with Crippen LogP contribution < -0.4 is 15.2 Å². The van der Waals surface area contributed by atoms with Crippen molar-refractivity contribution < 1.29 is 9.47 Å². The second-order valence-corrected chi connectivity index (χ2v) is 4.83. The summed E-state index contributed by atoms with van der Waals surface area (Å²) >= 11 is 6.27. The van der Waals surface area contributed by atoms with Crippen LogP contribution in [0.2, 0.25) is 5.02 Å². The largest absolute Gasteiger partial charge is 0.493 e. The van der Waals surface area contributed by atoms with Gasteiger partial charge >= 0.3 is 0 Å². The fourth-order valence-electron chi connectivity index (χ4n) is 1.95. The molecule has 0 bridgehead atoms. The Morgan fingerprint density at radius 1 is 1.10 bits per heavy atom. The van der Waals surface area contributed by atoms with Crippen LogP contribution in [0.5, 0.6) is 11.5 Å². The molecule has 0 amide bonds. The van der Waals surface area contributed by atoms with Gasteiger partial charge in [-0.3, -0.25) is 0 Å². The number of halogens is 1. The predicted molar refractivity (Wildman–Crippen MR) is 81.5 cm³/mol. The van der Waals surface area contributed by atoms with Crippen molar-refractivity contribution in [1.82, 2.24) is 0 Å². The standard InChI is InChI=1S/C16H18ClNO2/c1-19-15-10-13(7-8-18)9-14(17)16(15)20-11-12-5-3-2-4-6-12/h2-6,9-10H,7-8,11,18H2,1H3. The molecule has 0 aliphatic carbocycles. The highest BCUT2D eigenvalue weighted by molar-refractivity contribution is 6.32. The molecule has 0 aliphatic heterocycles. The maximum Gasteiger partial charge on any atom is 0.180 e. The highest BCUT2D eigenvalue weighted by atomic mass is 35.5. The summed E-state index contributed by atoms with van der Waals surface area (Å²) in [6.07, 6.45) is 0.759. The van der Waals surface area contributed by atoms with E-state index in [4.69, 9.17) is 26.8 Å². The number of hydrogen-bond donors (Lipinski definition) is 1. The van der Waals surface area contributed by atoms with E-state index in [1.54, 1.807) is 7.11 Å². The zero-order chi connectivity index (χ0) is 14.4. The average molecular weight is 292 g/mol. The van der Waals surface area contributed by atoms with Crippen LogP contribution in [0.15, 0.2) is 42.5 Å². The van der Waals surface area contributed by atoms with E-state index in [1.165, 1.54) is 0 Å². The lowest BCUT2D eigenvalue weighted by molar-refractivity contribution is 0.284. The lowest BCUT2D eigenvalue weighted by atomic mass is 10.1. The lowest BCUT2D eigenvalue weighted by Crippen LogP contribution is -2.04. The third kappa shape index (κ3) is 3.65. The summed E-state index contributed by atoms with van der Waals surface area (Å²) < 4.78 is 11.1. The predicted octanol–water partition coefficient (Wildman–Crippen LogP) is 3.43. The number of benzene rings is 2. The van der Waals surface area contributed by atoms with Gasteiger partial charge in [0.15, 0.2) is 11.5 Å². The molecule has 2 aromatic rings. The Morgan fingerprint density at radius 3 is 2.50 bits per heavy atom. The topological polar surface area (TPSA) is 44.5 Å². The Balaban J connectivity index is 2.18. The smallest absolute Gasteiger partial charge is 0.180 e. The van der Waals surface area contributed by atoms with Gasteiger partial charge in [-0.2, -0.15) is 0 Å². The van der Waals surface area contributed by atoms with E-state index in [-0.39, 0.29) is 0 Å². The van der Waals surface area contributed by atoms with E-state index in [0.29, 0.717) is 29.7 Å². The van der Waals surface area contributed by atoms with Crippen molar-refractivity contribution in [3.63, 3.8) is 0 Å². The highest BCUT2D eigenvalue weighted by Crippen LogP contribution is 2.37. The summed E-state index contributed by atoms with van der Waals surface area (Å²) in [5, 5.41) is 0.545. The molecule has 0 aliphatic rings. The first-order chi connectivity index (χ1) is 9.74. The molecule has 106 valence electrons. The minimum absolute atomic E-state index is 0.452. The SMILES string of the molecule is COc1cc(CCN)cc(Cl)c1OCc1ccccc1. The molecule has 3 nitrogen and oxygen atoms in total. The normalized spacial score (nSPS) is 10.3. The third-order valence-corrected chi connectivity index (χ3v) is 3.23. The first-order valence-corrected chi connectivity index (χ1v) is 6.85. The number of ether oxygens (including phenoxy) is 2. The quantitative estimate of drug-likeness (QED) is 0.887. The molecule has 2 N–H and O–H groups in total. The second kappa shape index (κ2) is 7.17. The minimum atomic E-state index is 0.452. The molecule has 0 saturated heterocycles. The van der Waals surface area contributed by atoms with Crippen LogP contribution in [0, 0.1) is 0 Å². The summed E-state index contributed by atoms with van der Waals surface area (Å²) in [5.74, 6) is 1.20. The van der Waals surface area contributed by atoms with E-state index >= 15 is 0 Å². The lowest BCUT2D eigenvalue weighted by Gasteiger charge is -2.14. The fourth-order valence-corrected chi connectivity index (χ4v) is 2.24. The highest BCUT2D eigenvalue weighted by Gasteiger charge is 2.12. The number of nitrogens with two attached hydrogens (primary N) is 1. The first kappa shape index (κ1) is 14.7. The summed E-state index contributed by atoms with van der Waals surface area (Å²) in [5.41, 5.74) is 7.68. The molecular formula is C16H18ClNO2. The molecule has 2 aromatic carbocycles. The van der Waals surface area contributed by atoms with Crippen LogP contribution in [-0.2, 0) is 13.0 Å². The summed E-state index contributed by atoms with van der Waals surface area (Å²) in [6.45, 7) is 1.02. The van der Waals surface area contributed by atoms with Crippen LogP contribution in [0.3, 0.4) is 0 Å². The van der Waals surface area contributed by atoms with Crippen LogP contribution in [0.4, 0.5) is 0 Å². The van der Waals surface area contributed by atoms with Crippen molar-refractivity contribution in [2.75, 3.05) is 13.7 Å². The van der Waals surface area contributed by atoms with Gasteiger partial charge in [-0.05, 0) is 36.2 Å². The van der Waals surface area contributed by atoms with Gasteiger partial charge in [0.05, 0.1) is 12.1 Å². The average Bonchev–Trinajstić information content (AvgIpc) is 2.47. The van der Waals surface area contributed by atoms with Crippen molar-refractivity contribution >= 4 is 11.6 Å². The molecule has 0 spiro atoms. The Hall–Kier alpha value is -1.71. The first-order valence-electron chi connectivity index (χ1n) is 6.47. The van der Waals surface area contributed by atoms with Gasteiger partial charge in [0.1, 0.15) is 6.61 Å². The van der Waals surface area contributed by atoms with Crippen molar-refractivity contribution in [1.29, 1.82) is 0 Å². The van der Waals surface area contributed by atoms with Gasteiger partial charge in [0.25, 0.3) is 0 Å². The van der Waals surface area contributed by atoms with E-state index in [9.17, 15) is 0 Å². The second-order valence-electron chi connectivity index (χ2n) is 4.42. The molecular weight excluding hydrogens is 274 g/mol. The molecule has 0 fully saturated rings. The van der Waals surface area contributed by atoms with Gasteiger partial charge < -0.3 is 15.2 Å². The maximum absolute atomic E-state index is 6.27. The van der Waals surface area contributed by atoms with Crippen molar-refractivity contribution in [3.05, 3.63) is 58.6 Å². The monoisotopic (exact) mass is 291 g/mol. The zero-order valence-electron chi connectivity index (χ0n) is 11.4. The number of methoxy groups -OCH3 is 1. The van der Waals surface area contributed by atoms with Crippen LogP contribution >= 0.6 is 11.6 Å². The van der Waals surface area contributed by atoms with Crippen molar-refractivity contribution in [2.45, 2.75) is 13.0 Å². The van der Waals surface area contributed by atoms with E-state index < -0.39 is 0 Å². The van der Waals surface area contributed by atoms with E-state index in [1.807, 2.05) is 42.5 Å². The summed E-state index contributed by atoms with van der Waals surface area (Å²) in [7, 11) is 1.60. The van der Waals surface area contributed by atoms with Gasteiger partial charge in [-0.15, -0.1) is 0 Å². The van der Waals surface area contributed by atoms with Gasteiger partial charge in [-0.1, -0.05) is 41.9 Å². The summed E-state index contributed by atoms with van der Waals surface area (Å²) in [4.78, 5) is 0. The van der Waals surface area contributed by atoms with Crippen LogP contribution in [0.1, 0.15) is 11.1 Å². The zero-order valence-corrected chi connectivity index (χ0v) is 12.2. The van der Waals surface area contributed by atoms with E-state index in [0.717, 1.165) is 17.5 Å². The van der Waals surface area contributed by atoms with E-state index in [2.05, 4.69) is 0 Å². The Labute approximate surface area is 124 Å². The Kier molecular flexibility index (Phi) is 5.27. The minimum Gasteiger partial charge on any atom is -0.493 e. The Bertz CT molecular complexity index is 558. The number of rotatable bonds is 6. The summed E-state index contributed by atoms with van der Waals surface area (Å²) in [6, 6.07) is 13.7. The number of hydrogen-bond acceptors (Lipinski definition) is 3. The molecule has 0 aromatic heterocycles. The molecule has 0 saturated carbocycles. The van der Waals surface area contributed by atoms with Gasteiger partial charge in [0.2, 0.25) is 0 Å². The molecule has 2 rings (SSSR count). The maximum atomic E-state index is 6.27. The van der Waals surface area contributed by atoms with Crippen molar-refractivity contribution in [3.8, 4) is 11.5 Å². The molecule has 0 unspecified atom stereocenters. The molecule has 4 heteroatoms. The van der Waals surface area contributed by atoms with Crippen LogP contribution in [-0.4, -0.2) is 13.7 Å². The Morgan fingerprint density at radius 2 is 1.85 bits per heavy atom. The molecule has 20 heavy (non-hydrogen) atoms. The molecule has 0 heterocycles. The van der Waals surface area contributed by atoms with Crippen molar-refractivity contribution in [2.24, 2.45) is 5.73 Å². The fraction of sp³-hybridized carbons (Fsp3) is 0.250. The third-order valence-electron chi connectivity index (χ3n) is 2.95. The molecule has 0 atom stereocenters. The molecule has 0 radical (unpaired) electrons. The van der Waals surface area contributed by atoms with Gasteiger partial charge in [0, 0.05) is 0 Å². The van der Waals surface area contributed by atoms with Crippen LogP contribution in [0.25, 0.3) is 0 Å². The van der Waals surface area contributed by atoms with Gasteiger partial charge in [-0.25, -0.2) is 0 Å².